The molecule has 0 bridgehead atoms. The van der Waals surface area contributed by atoms with Crippen molar-refractivity contribution in [3.63, 3.8) is 0 Å². The molecule has 32 heavy (non-hydrogen) atoms. The zero-order chi connectivity index (χ0) is 23.6. The minimum absolute atomic E-state index is 0.0238. The molecule has 0 unspecified atom stereocenters. The minimum Gasteiger partial charge on any atom is -0.497 e. The summed E-state index contributed by atoms with van der Waals surface area (Å²) < 4.78 is 41.0. The highest BCUT2D eigenvalue weighted by Gasteiger charge is 2.23. The van der Waals surface area contributed by atoms with E-state index in [0.717, 1.165) is 4.57 Å². The maximum absolute atomic E-state index is 12.4. The van der Waals surface area contributed by atoms with Gasteiger partial charge in [0.05, 0.1) is 24.9 Å². The van der Waals surface area contributed by atoms with Gasteiger partial charge in [-0.05, 0) is 31.2 Å². The number of carbonyl (C=O) groups is 1. The predicted octanol–water partition coefficient (Wildman–Crippen LogP) is -0.647. The molecule has 0 aliphatic carbocycles. The van der Waals surface area contributed by atoms with Crippen molar-refractivity contribution in [1.82, 2.24) is 23.4 Å². The van der Waals surface area contributed by atoms with Crippen molar-refractivity contribution in [3.8, 4) is 5.75 Å². The van der Waals surface area contributed by atoms with Crippen LogP contribution < -0.4 is 20.7 Å². The number of ether oxygens (including phenoxy) is 2. The number of benzene rings is 1. The number of fused-ring (bicyclic) bond motifs is 1. The summed E-state index contributed by atoms with van der Waals surface area (Å²) in [5, 5.41) is 0. The lowest BCUT2D eigenvalue weighted by Crippen LogP contribution is -2.40. The summed E-state index contributed by atoms with van der Waals surface area (Å²) in [5.74, 6) is -0.287. The van der Waals surface area contributed by atoms with Crippen molar-refractivity contribution in [2.45, 2.75) is 24.4 Å². The first-order valence-electron chi connectivity index (χ1n) is 9.50. The first-order chi connectivity index (χ1) is 15.1. The number of hydrogen-bond acceptors (Lipinski definition) is 8. The van der Waals surface area contributed by atoms with Crippen LogP contribution in [0.5, 0.6) is 5.75 Å². The van der Waals surface area contributed by atoms with Gasteiger partial charge in [-0.25, -0.2) is 18.2 Å². The highest BCUT2D eigenvalue weighted by Crippen LogP contribution is 2.15. The summed E-state index contributed by atoms with van der Waals surface area (Å²) in [6.07, 6.45) is 1.37. The lowest BCUT2D eigenvalue weighted by atomic mass is 10.3. The second-order valence-corrected chi connectivity index (χ2v) is 8.72. The normalized spacial score (nSPS) is 12.6. The van der Waals surface area contributed by atoms with Crippen molar-refractivity contribution in [1.29, 1.82) is 0 Å². The van der Waals surface area contributed by atoms with Crippen LogP contribution in [-0.2, 0) is 40.2 Å². The highest BCUT2D eigenvalue weighted by molar-refractivity contribution is 7.89. The van der Waals surface area contributed by atoms with Crippen LogP contribution >= 0.6 is 0 Å². The molecule has 1 atom stereocenters. The fourth-order valence-electron chi connectivity index (χ4n) is 3.04. The van der Waals surface area contributed by atoms with Gasteiger partial charge in [0.15, 0.2) is 11.2 Å². The Labute approximate surface area is 183 Å². The Balaban J connectivity index is 1.65. The number of hydrogen-bond donors (Lipinski definition) is 1. The molecule has 0 saturated carbocycles. The molecule has 0 fully saturated rings. The Morgan fingerprint density at radius 3 is 2.44 bits per heavy atom. The number of carbonyl (C=O) groups excluding carboxylic acids is 1. The molecule has 2 aromatic heterocycles. The van der Waals surface area contributed by atoms with Crippen LogP contribution in [0.2, 0.25) is 0 Å². The van der Waals surface area contributed by atoms with Crippen molar-refractivity contribution in [3.05, 3.63) is 51.4 Å². The second-order valence-electron chi connectivity index (χ2n) is 7.00. The van der Waals surface area contributed by atoms with E-state index < -0.39 is 33.3 Å². The molecule has 0 spiro atoms. The fraction of sp³-hybridized carbons (Fsp3) is 0.368. The van der Waals surface area contributed by atoms with Gasteiger partial charge >= 0.3 is 11.7 Å². The number of rotatable bonds is 8. The molecule has 3 rings (SSSR count). The monoisotopic (exact) mass is 465 g/mol. The molecule has 13 heteroatoms. The van der Waals surface area contributed by atoms with Crippen LogP contribution in [0, 0.1) is 0 Å². The van der Waals surface area contributed by atoms with E-state index in [1.165, 1.54) is 67.9 Å². The number of aromatic nitrogens is 4. The molecule has 1 aromatic carbocycles. The van der Waals surface area contributed by atoms with Gasteiger partial charge in [0.25, 0.3) is 5.56 Å². The summed E-state index contributed by atoms with van der Waals surface area (Å²) in [6, 6.07) is 4.56. The van der Waals surface area contributed by atoms with Gasteiger partial charge < -0.3 is 14.0 Å². The van der Waals surface area contributed by atoms with E-state index in [1.54, 1.807) is 0 Å². The van der Waals surface area contributed by atoms with E-state index in [-0.39, 0.29) is 29.2 Å². The molecule has 1 N–H and O–H groups in total. The largest absolute Gasteiger partial charge is 0.497 e. The lowest BCUT2D eigenvalue weighted by molar-refractivity contribution is -0.145. The Hall–Kier alpha value is -3.45. The summed E-state index contributed by atoms with van der Waals surface area (Å²) in [4.78, 5) is 40.7. The quantitative estimate of drug-likeness (QED) is 0.433. The number of nitrogens with zero attached hydrogens (tertiary/aromatic N) is 4. The maximum Gasteiger partial charge on any atom is 0.332 e. The molecular formula is C19H23N5O7S. The average molecular weight is 465 g/mol. The summed E-state index contributed by atoms with van der Waals surface area (Å²) in [5.41, 5.74) is -0.617. The third kappa shape index (κ3) is 4.43. The number of methoxy groups -OCH3 is 1. The fourth-order valence-corrected chi connectivity index (χ4v) is 4.23. The van der Waals surface area contributed by atoms with Crippen LogP contribution in [0.25, 0.3) is 11.2 Å². The maximum atomic E-state index is 12.4. The zero-order valence-electron chi connectivity index (χ0n) is 17.9. The Bertz CT molecular complexity index is 1370. The molecular weight excluding hydrogens is 442 g/mol. The molecule has 0 aliphatic rings. The van der Waals surface area contributed by atoms with Gasteiger partial charge in [-0.1, -0.05) is 0 Å². The van der Waals surface area contributed by atoms with E-state index in [1.807, 2.05) is 0 Å². The smallest absolute Gasteiger partial charge is 0.332 e. The molecule has 2 heterocycles. The standard InChI is InChI=1S/C19H23N5O7S/c1-12(21-32(28,29)14-7-5-13(30-4)6-8-14)18(26)31-10-9-24-11-20-16-15(24)17(25)23(3)19(27)22(16)2/h5-8,11-12,21H,9-10H2,1-4H3/t12-/m0/s1. The molecule has 172 valence electrons. The number of sulfonamides is 1. The average Bonchev–Trinajstić information content (AvgIpc) is 3.20. The minimum atomic E-state index is -3.94. The van der Waals surface area contributed by atoms with Crippen LogP contribution in [0.3, 0.4) is 0 Å². The number of nitrogens with one attached hydrogen (secondary N) is 1. The van der Waals surface area contributed by atoms with E-state index in [9.17, 15) is 22.8 Å². The summed E-state index contributed by atoms with van der Waals surface area (Å²) in [7, 11) is 0.377. The summed E-state index contributed by atoms with van der Waals surface area (Å²) >= 11 is 0. The molecule has 3 aromatic rings. The van der Waals surface area contributed by atoms with E-state index >= 15 is 0 Å². The summed E-state index contributed by atoms with van der Waals surface area (Å²) in [6.45, 7) is 1.32. The molecule has 0 radical (unpaired) electrons. The van der Waals surface area contributed by atoms with Gasteiger partial charge in [-0.2, -0.15) is 4.72 Å². The van der Waals surface area contributed by atoms with E-state index in [2.05, 4.69) is 9.71 Å². The van der Waals surface area contributed by atoms with Crippen LogP contribution in [0.4, 0.5) is 0 Å². The number of aryl methyl sites for hydroxylation is 1. The van der Waals surface area contributed by atoms with Crippen LogP contribution in [0.1, 0.15) is 6.92 Å². The van der Waals surface area contributed by atoms with Crippen LogP contribution in [0.15, 0.2) is 45.1 Å². The first-order valence-corrected chi connectivity index (χ1v) is 11.0. The molecule has 0 saturated heterocycles. The Morgan fingerprint density at radius 1 is 1.16 bits per heavy atom. The number of imidazole rings is 1. The van der Waals surface area contributed by atoms with Gasteiger partial charge in [0, 0.05) is 14.1 Å². The van der Waals surface area contributed by atoms with Gasteiger partial charge in [0.1, 0.15) is 18.4 Å². The van der Waals surface area contributed by atoms with Crippen molar-refractivity contribution in [2.75, 3.05) is 13.7 Å². The van der Waals surface area contributed by atoms with Crippen molar-refractivity contribution in [2.24, 2.45) is 14.1 Å². The van der Waals surface area contributed by atoms with E-state index in [4.69, 9.17) is 9.47 Å². The molecule has 0 aliphatic heterocycles. The van der Waals surface area contributed by atoms with Gasteiger partial charge in [0.2, 0.25) is 10.0 Å². The van der Waals surface area contributed by atoms with E-state index in [0.29, 0.717) is 5.75 Å². The highest BCUT2D eigenvalue weighted by atomic mass is 32.2. The Morgan fingerprint density at radius 2 is 1.81 bits per heavy atom. The van der Waals surface area contributed by atoms with Crippen molar-refractivity contribution < 1.29 is 22.7 Å². The topological polar surface area (TPSA) is 144 Å². The SMILES string of the molecule is COc1ccc(S(=O)(=O)N[C@@H](C)C(=O)OCCn2cnc3c2c(=O)n(C)c(=O)n3C)cc1. The second kappa shape index (κ2) is 8.96. The zero-order valence-corrected chi connectivity index (χ0v) is 18.7. The molecule has 12 nitrogen and oxygen atoms in total. The van der Waals surface area contributed by atoms with Crippen LogP contribution in [-0.4, -0.2) is 52.8 Å². The first kappa shape index (κ1) is 23.2. The van der Waals surface area contributed by atoms with Crippen molar-refractivity contribution >= 4 is 27.2 Å². The Kier molecular flexibility index (Phi) is 6.50. The number of esters is 1. The third-order valence-corrected chi connectivity index (χ3v) is 6.41. The lowest BCUT2D eigenvalue weighted by Gasteiger charge is -2.14. The van der Waals surface area contributed by atoms with Gasteiger partial charge in [-0.3, -0.25) is 18.7 Å². The molecule has 0 amide bonds. The predicted molar refractivity (Wildman–Crippen MR) is 114 cm³/mol. The third-order valence-electron chi connectivity index (χ3n) is 4.85. The van der Waals surface area contributed by atoms with Gasteiger partial charge in [-0.15, -0.1) is 0 Å².